The fourth-order valence-corrected chi connectivity index (χ4v) is 4.99. The highest BCUT2D eigenvalue weighted by molar-refractivity contribution is 7.89. The van der Waals surface area contributed by atoms with Crippen molar-refractivity contribution in [3.8, 4) is 0 Å². The highest BCUT2D eigenvalue weighted by Crippen LogP contribution is 2.30. The zero-order chi connectivity index (χ0) is 18.2. The van der Waals surface area contributed by atoms with Crippen LogP contribution in [0.3, 0.4) is 0 Å². The topological polar surface area (TPSA) is 101 Å². The Kier molecular flexibility index (Phi) is 4.79. The normalized spacial score (nSPS) is 25.3. The summed E-state index contributed by atoms with van der Waals surface area (Å²) in [5.74, 6) is 0.426. The minimum absolute atomic E-state index is 0.0335. The number of non-ortho nitro benzene ring substituents is 1. The second-order valence-corrected chi connectivity index (χ2v) is 8.69. The predicted molar refractivity (Wildman–Crippen MR) is 90.4 cm³/mol. The summed E-state index contributed by atoms with van der Waals surface area (Å²) in [4.78, 5) is 24.3. The minimum atomic E-state index is -3.83. The van der Waals surface area contributed by atoms with Gasteiger partial charge in [-0.1, -0.05) is 6.92 Å². The molecule has 2 atom stereocenters. The molecule has 3 rings (SSSR count). The van der Waals surface area contributed by atoms with Gasteiger partial charge in [-0.15, -0.1) is 0 Å². The van der Waals surface area contributed by atoms with Crippen LogP contribution in [0.15, 0.2) is 29.2 Å². The molecule has 0 bridgehead atoms. The Morgan fingerprint density at radius 3 is 2.36 bits per heavy atom. The van der Waals surface area contributed by atoms with E-state index >= 15 is 0 Å². The lowest BCUT2D eigenvalue weighted by molar-refractivity contribution is -0.384. The maximum Gasteiger partial charge on any atom is 0.269 e. The molecule has 2 fully saturated rings. The third-order valence-corrected chi connectivity index (χ3v) is 6.87. The Balaban J connectivity index is 1.72. The van der Waals surface area contributed by atoms with Crippen LogP contribution in [-0.2, 0) is 14.8 Å². The van der Waals surface area contributed by atoms with E-state index in [2.05, 4.69) is 6.92 Å². The number of carbonyl (C=O) groups is 1. The van der Waals surface area contributed by atoms with Gasteiger partial charge in [-0.25, -0.2) is 8.42 Å². The van der Waals surface area contributed by atoms with Gasteiger partial charge in [0.25, 0.3) is 5.69 Å². The maximum absolute atomic E-state index is 12.7. The van der Waals surface area contributed by atoms with Crippen LogP contribution in [0, 0.1) is 16.0 Å². The Labute approximate surface area is 146 Å². The quantitative estimate of drug-likeness (QED) is 0.594. The molecule has 0 aromatic heterocycles. The number of benzene rings is 1. The van der Waals surface area contributed by atoms with E-state index in [1.807, 2.05) is 4.90 Å². The summed E-state index contributed by atoms with van der Waals surface area (Å²) in [5.41, 5.74) is -0.171. The SMILES string of the molecule is CC1CCC(N2CCN(S(=O)(=O)c3ccc([N+](=O)[O-])cc3)CC2=O)C1. The first-order chi connectivity index (χ1) is 11.8. The van der Waals surface area contributed by atoms with Crippen LogP contribution >= 0.6 is 0 Å². The summed E-state index contributed by atoms with van der Waals surface area (Å²) in [6.07, 6.45) is 3.04. The van der Waals surface area contributed by atoms with Gasteiger partial charge in [0.2, 0.25) is 15.9 Å². The molecule has 1 saturated carbocycles. The summed E-state index contributed by atoms with van der Waals surface area (Å²) < 4.78 is 26.5. The van der Waals surface area contributed by atoms with Crippen LogP contribution in [-0.4, -0.2) is 54.1 Å². The maximum atomic E-state index is 12.7. The largest absolute Gasteiger partial charge is 0.337 e. The molecule has 1 heterocycles. The molecule has 2 aliphatic rings. The summed E-state index contributed by atoms with van der Waals surface area (Å²) in [6.45, 7) is 2.63. The van der Waals surface area contributed by atoms with Crippen LogP contribution in [0.25, 0.3) is 0 Å². The number of amides is 1. The fraction of sp³-hybridized carbons (Fsp3) is 0.562. The number of piperazine rings is 1. The van der Waals surface area contributed by atoms with Crippen molar-refractivity contribution in [1.82, 2.24) is 9.21 Å². The van der Waals surface area contributed by atoms with Crippen molar-refractivity contribution in [1.29, 1.82) is 0 Å². The third-order valence-electron chi connectivity index (χ3n) is 5.02. The molecule has 1 amide bonds. The summed E-state index contributed by atoms with van der Waals surface area (Å²) in [5, 5.41) is 10.7. The molecular weight excluding hydrogens is 346 g/mol. The van der Waals surface area contributed by atoms with Crippen molar-refractivity contribution in [2.45, 2.75) is 37.1 Å². The molecule has 0 N–H and O–H groups in total. The van der Waals surface area contributed by atoms with Gasteiger partial charge in [-0.2, -0.15) is 4.31 Å². The molecule has 136 valence electrons. The second-order valence-electron chi connectivity index (χ2n) is 6.75. The van der Waals surface area contributed by atoms with Gasteiger partial charge in [0, 0.05) is 31.3 Å². The van der Waals surface area contributed by atoms with Crippen molar-refractivity contribution in [3.05, 3.63) is 34.4 Å². The van der Waals surface area contributed by atoms with Crippen LogP contribution in [0.1, 0.15) is 26.2 Å². The van der Waals surface area contributed by atoms with Gasteiger partial charge in [0.15, 0.2) is 0 Å². The zero-order valence-electron chi connectivity index (χ0n) is 14.0. The molecule has 9 heteroatoms. The van der Waals surface area contributed by atoms with E-state index in [0.29, 0.717) is 12.5 Å². The lowest BCUT2D eigenvalue weighted by atomic mass is 10.1. The molecule has 1 saturated heterocycles. The minimum Gasteiger partial charge on any atom is -0.337 e. The average molecular weight is 367 g/mol. The van der Waals surface area contributed by atoms with Crippen molar-refractivity contribution >= 4 is 21.6 Å². The Bertz CT molecular complexity index is 777. The van der Waals surface area contributed by atoms with E-state index in [1.165, 1.54) is 12.1 Å². The predicted octanol–water partition coefficient (Wildman–Crippen LogP) is 1.62. The molecule has 0 radical (unpaired) electrons. The summed E-state index contributed by atoms with van der Waals surface area (Å²) >= 11 is 0. The molecule has 1 aliphatic carbocycles. The van der Waals surface area contributed by atoms with Gasteiger partial charge >= 0.3 is 0 Å². The van der Waals surface area contributed by atoms with E-state index in [9.17, 15) is 23.3 Å². The lowest BCUT2D eigenvalue weighted by Crippen LogP contribution is -2.54. The van der Waals surface area contributed by atoms with E-state index in [-0.39, 0.29) is 35.6 Å². The monoisotopic (exact) mass is 367 g/mol. The third kappa shape index (κ3) is 3.52. The van der Waals surface area contributed by atoms with Crippen molar-refractivity contribution in [2.75, 3.05) is 19.6 Å². The number of hydrogen-bond donors (Lipinski definition) is 0. The summed E-state index contributed by atoms with van der Waals surface area (Å²) in [6, 6.07) is 4.95. The van der Waals surface area contributed by atoms with Crippen LogP contribution in [0.2, 0.25) is 0 Å². The first-order valence-electron chi connectivity index (χ1n) is 8.33. The van der Waals surface area contributed by atoms with E-state index < -0.39 is 14.9 Å². The first-order valence-corrected chi connectivity index (χ1v) is 9.77. The molecule has 2 unspecified atom stereocenters. The number of nitro groups is 1. The van der Waals surface area contributed by atoms with Gasteiger partial charge in [-0.3, -0.25) is 14.9 Å². The van der Waals surface area contributed by atoms with Gasteiger partial charge < -0.3 is 4.90 Å². The Morgan fingerprint density at radius 1 is 1.16 bits per heavy atom. The second kappa shape index (κ2) is 6.72. The molecule has 25 heavy (non-hydrogen) atoms. The lowest BCUT2D eigenvalue weighted by Gasteiger charge is -2.37. The molecule has 0 spiro atoms. The average Bonchev–Trinajstić information content (AvgIpc) is 3.01. The van der Waals surface area contributed by atoms with E-state index in [1.54, 1.807) is 0 Å². The molecule has 1 aromatic carbocycles. The van der Waals surface area contributed by atoms with Crippen molar-refractivity contribution in [2.24, 2.45) is 5.92 Å². The fourth-order valence-electron chi connectivity index (χ4n) is 3.61. The number of hydrogen-bond acceptors (Lipinski definition) is 5. The first kappa shape index (κ1) is 17.8. The van der Waals surface area contributed by atoms with Crippen LogP contribution in [0.4, 0.5) is 5.69 Å². The molecule has 1 aliphatic heterocycles. The van der Waals surface area contributed by atoms with Crippen LogP contribution < -0.4 is 0 Å². The standard InChI is InChI=1S/C16H21N3O5S/c1-12-2-3-14(10-12)18-9-8-17(11-16(18)20)25(23,24)15-6-4-13(5-7-15)19(21)22/h4-7,12,14H,2-3,8-11H2,1H3. The van der Waals surface area contributed by atoms with Gasteiger partial charge in [0.1, 0.15) is 0 Å². The van der Waals surface area contributed by atoms with E-state index in [4.69, 9.17) is 0 Å². The highest BCUT2D eigenvalue weighted by atomic mass is 32.2. The Morgan fingerprint density at radius 2 is 1.84 bits per heavy atom. The number of rotatable bonds is 4. The summed E-state index contributed by atoms with van der Waals surface area (Å²) in [7, 11) is -3.83. The number of carbonyl (C=O) groups excluding carboxylic acids is 1. The van der Waals surface area contributed by atoms with Crippen molar-refractivity contribution in [3.63, 3.8) is 0 Å². The number of nitrogens with zero attached hydrogens (tertiary/aromatic N) is 3. The molecular formula is C16H21N3O5S. The highest BCUT2D eigenvalue weighted by Gasteiger charge is 2.37. The van der Waals surface area contributed by atoms with Gasteiger partial charge in [0.05, 0.1) is 16.4 Å². The molecule has 8 nitrogen and oxygen atoms in total. The van der Waals surface area contributed by atoms with Crippen molar-refractivity contribution < 1.29 is 18.1 Å². The van der Waals surface area contributed by atoms with Gasteiger partial charge in [-0.05, 0) is 37.3 Å². The smallest absolute Gasteiger partial charge is 0.269 e. The Hall–Kier alpha value is -2.00. The zero-order valence-corrected chi connectivity index (χ0v) is 14.8. The number of nitro benzene ring substituents is 1. The number of sulfonamides is 1. The molecule has 1 aromatic rings. The van der Waals surface area contributed by atoms with E-state index in [0.717, 1.165) is 35.7 Å². The van der Waals surface area contributed by atoms with Crippen LogP contribution in [0.5, 0.6) is 0 Å².